The van der Waals surface area contributed by atoms with E-state index in [0.717, 1.165) is 0 Å². The van der Waals surface area contributed by atoms with Gasteiger partial charge >= 0.3 is 5.97 Å². The molecule has 0 saturated heterocycles. The van der Waals surface area contributed by atoms with Gasteiger partial charge in [-0.25, -0.2) is 9.18 Å². The summed E-state index contributed by atoms with van der Waals surface area (Å²) < 4.78 is 17.3. The fourth-order valence-corrected chi connectivity index (χ4v) is 4.65. The van der Waals surface area contributed by atoms with Crippen LogP contribution in [0.1, 0.15) is 30.6 Å². The fraction of sp³-hybridized carbons (Fsp3) is 0.316. The first-order chi connectivity index (χ1) is 13.6. The quantitative estimate of drug-likeness (QED) is 0.357. The Bertz CT molecular complexity index is 978. The summed E-state index contributed by atoms with van der Waals surface area (Å²) in [4.78, 5) is 24.9. The van der Waals surface area contributed by atoms with Gasteiger partial charge in [-0.1, -0.05) is 12.1 Å². The van der Waals surface area contributed by atoms with Gasteiger partial charge < -0.3 is 15.4 Å². The Kier molecular flexibility index (Phi) is 6.19. The monoisotopic (exact) mass is 474 g/mol. The summed E-state index contributed by atoms with van der Waals surface area (Å²) in [5.41, 5.74) is 0.537. The maximum atomic E-state index is 13.3. The molecule has 1 amide bonds. The number of halogens is 3. The standard InChI is InChI=1S/C19H17Cl2FN2O3S2/c1-3-27-15(25)13-12(10-4-6-11(22)7-5-10)8-29-14(13)23-17(28)24-16(26)18(2)9-19(18,20)21/h4-8H,3,9H2,1-2H3,(H2,23,24,26,28)/t18-/m0/s1. The van der Waals surface area contributed by atoms with Gasteiger partial charge in [-0.15, -0.1) is 34.5 Å². The lowest BCUT2D eigenvalue weighted by Gasteiger charge is -2.14. The topological polar surface area (TPSA) is 67.4 Å². The minimum Gasteiger partial charge on any atom is -0.462 e. The smallest absolute Gasteiger partial charge is 0.341 e. The zero-order chi connectivity index (χ0) is 21.4. The first-order valence-electron chi connectivity index (χ1n) is 8.64. The van der Waals surface area contributed by atoms with Gasteiger partial charge in [0.05, 0.1) is 12.0 Å². The van der Waals surface area contributed by atoms with E-state index in [1.54, 1.807) is 31.4 Å². The molecule has 1 fully saturated rings. The number of benzene rings is 1. The van der Waals surface area contributed by atoms with Crippen molar-refractivity contribution in [1.82, 2.24) is 5.32 Å². The average Bonchev–Trinajstić information content (AvgIpc) is 2.98. The van der Waals surface area contributed by atoms with Crippen molar-refractivity contribution in [2.45, 2.75) is 24.6 Å². The largest absolute Gasteiger partial charge is 0.462 e. The summed E-state index contributed by atoms with van der Waals surface area (Å²) in [5.74, 6) is -1.35. The van der Waals surface area contributed by atoms with E-state index in [1.165, 1.54) is 23.5 Å². The van der Waals surface area contributed by atoms with Crippen LogP contribution >= 0.6 is 46.8 Å². The molecule has 5 nitrogen and oxygen atoms in total. The molecule has 1 aromatic carbocycles. The summed E-state index contributed by atoms with van der Waals surface area (Å²) in [6.45, 7) is 3.53. The van der Waals surface area contributed by atoms with Gasteiger partial charge in [0.1, 0.15) is 20.7 Å². The molecule has 29 heavy (non-hydrogen) atoms. The zero-order valence-corrected chi connectivity index (χ0v) is 18.6. The Morgan fingerprint density at radius 1 is 1.31 bits per heavy atom. The molecule has 154 valence electrons. The molecule has 1 atom stereocenters. The highest BCUT2D eigenvalue weighted by Crippen LogP contribution is 2.63. The highest BCUT2D eigenvalue weighted by atomic mass is 35.5. The van der Waals surface area contributed by atoms with Crippen LogP contribution in [0.5, 0.6) is 0 Å². The number of hydrogen-bond donors (Lipinski definition) is 2. The van der Waals surface area contributed by atoms with Crippen molar-refractivity contribution >= 4 is 68.7 Å². The number of alkyl halides is 2. The highest BCUT2D eigenvalue weighted by Gasteiger charge is 2.68. The van der Waals surface area contributed by atoms with Gasteiger partial charge in [0.15, 0.2) is 5.11 Å². The molecule has 2 N–H and O–H groups in total. The predicted octanol–water partition coefficient (Wildman–Crippen LogP) is 5.13. The third kappa shape index (κ3) is 4.40. The number of carbonyl (C=O) groups excluding carboxylic acids is 2. The van der Waals surface area contributed by atoms with Crippen molar-refractivity contribution in [3.8, 4) is 11.1 Å². The average molecular weight is 475 g/mol. The van der Waals surface area contributed by atoms with Gasteiger partial charge in [-0.05, 0) is 50.2 Å². The number of thiocarbonyl (C=S) groups is 1. The van der Waals surface area contributed by atoms with Crippen LogP contribution in [0.25, 0.3) is 11.1 Å². The Morgan fingerprint density at radius 2 is 1.93 bits per heavy atom. The Labute approximate surface area is 186 Å². The molecule has 10 heteroatoms. The fourth-order valence-electron chi connectivity index (χ4n) is 2.72. The number of amides is 1. The minimum absolute atomic E-state index is 0.00492. The summed E-state index contributed by atoms with van der Waals surface area (Å²) in [7, 11) is 0. The number of nitrogens with one attached hydrogen (secondary N) is 2. The number of thiophene rings is 1. The molecule has 1 aromatic heterocycles. The van der Waals surface area contributed by atoms with Gasteiger partial charge in [-0.2, -0.15) is 0 Å². The van der Waals surface area contributed by atoms with Crippen molar-refractivity contribution in [2.24, 2.45) is 5.41 Å². The molecule has 1 saturated carbocycles. The molecule has 0 bridgehead atoms. The number of esters is 1. The van der Waals surface area contributed by atoms with E-state index >= 15 is 0 Å². The number of carbonyl (C=O) groups is 2. The normalized spacial score (nSPS) is 19.3. The maximum absolute atomic E-state index is 13.3. The number of ether oxygens (including phenoxy) is 1. The summed E-state index contributed by atoms with van der Waals surface area (Å²) in [6, 6.07) is 5.75. The van der Waals surface area contributed by atoms with Crippen molar-refractivity contribution in [1.29, 1.82) is 0 Å². The number of hydrogen-bond acceptors (Lipinski definition) is 5. The third-order valence-corrected chi connectivity index (χ3v) is 6.84. The molecular weight excluding hydrogens is 458 g/mol. The van der Waals surface area contributed by atoms with Gasteiger partial charge in [0, 0.05) is 10.9 Å². The van der Waals surface area contributed by atoms with Gasteiger partial charge in [-0.3, -0.25) is 4.79 Å². The van der Waals surface area contributed by atoms with Crippen LogP contribution in [-0.4, -0.2) is 27.9 Å². The van der Waals surface area contributed by atoms with E-state index in [2.05, 4.69) is 10.6 Å². The van der Waals surface area contributed by atoms with E-state index in [1.807, 2.05) is 0 Å². The lowest BCUT2D eigenvalue weighted by atomic mass is 10.0. The minimum atomic E-state index is -1.12. The van der Waals surface area contributed by atoms with Crippen molar-refractivity contribution in [3.63, 3.8) is 0 Å². The second kappa shape index (κ2) is 8.18. The van der Waals surface area contributed by atoms with Crippen LogP contribution in [0.3, 0.4) is 0 Å². The number of anilines is 1. The lowest BCUT2D eigenvalue weighted by molar-refractivity contribution is -0.124. The van der Waals surface area contributed by atoms with Crippen LogP contribution < -0.4 is 10.6 Å². The van der Waals surface area contributed by atoms with Crippen LogP contribution in [0.4, 0.5) is 9.39 Å². The summed E-state index contributed by atoms with van der Waals surface area (Å²) in [5, 5.41) is 7.56. The van der Waals surface area contributed by atoms with Gasteiger partial charge in [0.25, 0.3) is 0 Å². The van der Waals surface area contributed by atoms with E-state index in [9.17, 15) is 14.0 Å². The third-order valence-electron chi connectivity index (χ3n) is 4.64. The Balaban J connectivity index is 1.83. The SMILES string of the molecule is CCOC(=O)c1c(-c2ccc(F)cc2)csc1NC(=S)NC(=O)[C@]1(C)CC1(Cl)Cl. The Hall–Kier alpha value is -1.74. The molecule has 2 aromatic rings. The Morgan fingerprint density at radius 3 is 2.48 bits per heavy atom. The molecule has 3 rings (SSSR count). The van der Waals surface area contributed by atoms with Crippen LogP contribution in [0, 0.1) is 11.2 Å². The summed E-state index contributed by atoms with van der Waals surface area (Å²) >= 11 is 18.5. The van der Waals surface area contributed by atoms with Crippen LogP contribution in [-0.2, 0) is 9.53 Å². The molecule has 0 aliphatic heterocycles. The molecule has 1 aliphatic rings. The van der Waals surface area contributed by atoms with Crippen molar-refractivity contribution < 1.29 is 18.7 Å². The van der Waals surface area contributed by atoms with Crippen LogP contribution in [0.15, 0.2) is 29.6 Å². The van der Waals surface area contributed by atoms with Gasteiger partial charge in [0.2, 0.25) is 5.91 Å². The van der Waals surface area contributed by atoms with E-state index in [4.69, 9.17) is 40.2 Å². The van der Waals surface area contributed by atoms with Crippen LogP contribution in [0.2, 0.25) is 0 Å². The second-order valence-corrected chi connectivity index (χ2v) is 9.47. The first-order valence-corrected chi connectivity index (χ1v) is 10.7. The molecule has 0 spiro atoms. The van der Waals surface area contributed by atoms with E-state index in [-0.39, 0.29) is 23.1 Å². The molecule has 0 unspecified atom stereocenters. The van der Waals surface area contributed by atoms with E-state index in [0.29, 0.717) is 22.5 Å². The predicted molar refractivity (Wildman–Crippen MR) is 117 cm³/mol. The van der Waals surface area contributed by atoms with Crippen molar-refractivity contribution in [3.05, 3.63) is 41.0 Å². The zero-order valence-electron chi connectivity index (χ0n) is 15.5. The molecule has 1 heterocycles. The summed E-state index contributed by atoms with van der Waals surface area (Å²) in [6.07, 6.45) is 0.319. The molecular formula is C19H17Cl2FN2O3S2. The lowest BCUT2D eigenvalue weighted by Crippen LogP contribution is -2.40. The first kappa shape index (κ1) is 22.0. The molecule has 1 aliphatic carbocycles. The van der Waals surface area contributed by atoms with Crippen molar-refractivity contribution in [2.75, 3.05) is 11.9 Å². The highest BCUT2D eigenvalue weighted by molar-refractivity contribution is 7.80. The molecule has 0 radical (unpaired) electrons. The van der Waals surface area contributed by atoms with E-state index < -0.39 is 21.6 Å². The second-order valence-electron chi connectivity index (χ2n) is 6.70. The number of rotatable bonds is 5. The maximum Gasteiger partial charge on any atom is 0.341 e.